The fourth-order valence-electron chi connectivity index (χ4n) is 3.84. The SMILES string of the molecule is CNC1c2cc(C(C)(C)CC(C)(C)C)ccc2OCC1C. The van der Waals surface area contributed by atoms with E-state index in [9.17, 15) is 0 Å². The Hall–Kier alpha value is -1.02. The number of hydrogen-bond acceptors (Lipinski definition) is 2. The zero-order valence-corrected chi connectivity index (χ0v) is 14.7. The minimum Gasteiger partial charge on any atom is -0.493 e. The fraction of sp³-hybridized carbons (Fsp3) is 0.684. The highest BCUT2D eigenvalue weighted by Crippen LogP contribution is 2.41. The lowest BCUT2D eigenvalue weighted by Crippen LogP contribution is -2.32. The average Bonchev–Trinajstić information content (AvgIpc) is 2.35. The summed E-state index contributed by atoms with van der Waals surface area (Å²) in [7, 11) is 2.04. The summed E-state index contributed by atoms with van der Waals surface area (Å²) in [5.41, 5.74) is 3.22. The van der Waals surface area contributed by atoms with E-state index in [0.717, 1.165) is 12.4 Å². The minimum atomic E-state index is 0.173. The Balaban J connectivity index is 2.38. The Morgan fingerprint density at radius 1 is 1.19 bits per heavy atom. The molecule has 0 amide bonds. The highest BCUT2D eigenvalue weighted by Gasteiger charge is 2.31. The second-order valence-electron chi connectivity index (χ2n) is 8.43. The lowest BCUT2D eigenvalue weighted by atomic mass is 9.71. The van der Waals surface area contributed by atoms with Crippen LogP contribution in [-0.2, 0) is 5.41 Å². The molecule has 0 fully saturated rings. The number of hydrogen-bond donors (Lipinski definition) is 1. The summed E-state index contributed by atoms with van der Waals surface area (Å²) in [5.74, 6) is 1.55. The normalized spacial score (nSPS) is 22.6. The topological polar surface area (TPSA) is 21.3 Å². The minimum absolute atomic E-state index is 0.173. The van der Waals surface area contributed by atoms with Gasteiger partial charge in [-0.15, -0.1) is 0 Å². The number of benzene rings is 1. The molecule has 0 radical (unpaired) electrons. The largest absolute Gasteiger partial charge is 0.493 e. The first-order chi connectivity index (χ1) is 9.64. The zero-order valence-electron chi connectivity index (χ0n) is 14.7. The van der Waals surface area contributed by atoms with E-state index in [1.165, 1.54) is 17.5 Å². The molecule has 118 valence electrons. The standard InChI is InChI=1S/C19H31NO/c1-13-11-21-16-9-8-14(10-15(16)17(13)20-7)19(5,6)12-18(2,3)4/h8-10,13,17,20H,11-12H2,1-7H3. The molecular weight excluding hydrogens is 258 g/mol. The van der Waals surface area contributed by atoms with Crippen LogP contribution in [0.1, 0.15) is 65.1 Å². The maximum Gasteiger partial charge on any atom is 0.124 e. The summed E-state index contributed by atoms with van der Waals surface area (Å²) in [6.45, 7) is 14.7. The highest BCUT2D eigenvalue weighted by molar-refractivity contribution is 5.43. The number of nitrogens with one attached hydrogen (secondary N) is 1. The van der Waals surface area contributed by atoms with Gasteiger partial charge in [0.2, 0.25) is 0 Å². The Labute approximate surface area is 130 Å². The molecule has 2 atom stereocenters. The van der Waals surface area contributed by atoms with Crippen molar-refractivity contribution >= 4 is 0 Å². The van der Waals surface area contributed by atoms with Crippen LogP contribution in [0.3, 0.4) is 0 Å². The fourth-order valence-corrected chi connectivity index (χ4v) is 3.84. The summed E-state index contributed by atoms with van der Waals surface area (Å²) in [4.78, 5) is 0. The van der Waals surface area contributed by atoms with Crippen LogP contribution in [0.25, 0.3) is 0 Å². The van der Waals surface area contributed by atoms with E-state index in [-0.39, 0.29) is 5.41 Å². The van der Waals surface area contributed by atoms with Crippen molar-refractivity contribution in [2.24, 2.45) is 11.3 Å². The molecule has 1 aliphatic rings. The van der Waals surface area contributed by atoms with Gasteiger partial charge in [0, 0.05) is 17.5 Å². The molecule has 0 aromatic heterocycles. The van der Waals surface area contributed by atoms with Crippen LogP contribution in [-0.4, -0.2) is 13.7 Å². The van der Waals surface area contributed by atoms with Gasteiger partial charge in [-0.3, -0.25) is 0 Å². The van der Waals surface area contributed by atoms with Gasteiger partial charge >= 0.3 is 0 Å². The second kappa shape index (κ2) is 5.64. The van der Waals surface area contributed by atoms with Crippen LogP contribution < -0.4 is 10.1 Å². The molecule has 2 unspecified atom stereocenters. The summed E-state index contributed by atoms with van der Waals surface area (Å²) < 4.78 is 5.90. The van der Waals surface area contributed by atoms with Crippen LogP contribution in [0.4, 0.5) is 0 Å². The first-order valence-electron chi connectivity index (χ1n) is 8.08. The quantitative estimate of drug-likeness (QED) is 0.871. The molecule has 21 heavy (non-hydrogen) atoms. The zero-order chi connectivity index (χ0) is 15.8. The molecule has 1 aromatic rings. The third-order valence-corrected chi connectivity index (χ3v) is 4.48. The van der Waals surface area contributed by atoms with Crippen LogP contribution >= 0.6 is 0 Å². The molecular formula is C19H31NO. The Kier molecular flexibility index (Phi) is 4.39. The first kappa shape index (κ1) is 16.4. The summed E-state index contributed by atoms with van der Waals surface area (Å²) in [5, 5.41) is 3.46. The summed E-state index contributed by atoms with van der Waals surface area (Å²) in [6, 6.07) is 7.15. The van der Waals surface area contributed by atoms with E-state index < -0.39 is 0 Å². The lowest BCUT2D eigenvalue weighted by Gasteiger charge is -2.36. The van der Waals surface area contributed by atoms with Gasteiger partial charge in [0.25, 0.3) is 0 Å². The van der Waals surface area contributed by atoms with Crippen molar-refractivity contribution in [3.8, 4) is 5.75 Å². The van der Waals surface area contributed by atoms with Crippen molar-refractivity contribution in [2.75, 3.05) is 13.7 Å². The Morgan fingerprint density at radius 3 is 2.43 bits per heavy atom. The number of rotatable bonds is 3. The van der Waals surface area contributed by atoms with E-state index >= 15 is 0 Å². The average molecular weight is 289 g/mol. The van der Waals surface area contributed by atoms with Gasteiger partial charge in [-0.05, 0) is 42.0 Å². The molecule has 0 saturated carbocycles. The molecule has 0 aliphatic carbocycles. The van der Waals surface area contributed by atoms with Crippen LogP contribution in [0, 0.1) is 11.3 Å². The Bertz CT molecular complexity index is 499. The molecule has 1 aliphatic heterocycles. The Morgan fingerprint density at radius 2 is 1.86 bits per heavy atom. The van der Waals surface area contributed by atoms with E-state index in [4.69, 9.17) is 4.74 Å². The molecule has 0 spiro atoms. The van der Waals surface area contributed by atoms with Gasteiger partial charge < -0.3 is 10.1 Å². The monoisotopic (exact) mass is 289 g/mol. The van der Waals surface area contributed by atoms with Crippen LogP contribution in [0.15, 0.2) is 18.2 Å². The van der Waals surface area contributed by atoms with Crippen molar-refractivity contribution < 1.29 is 4.74 Å². The maximum atomic E-state index is 5.90. The molecule has 2 nitrogen and oxygen atoms in total. The molecule has 2 heteroatoms. The van der Waals surface area contributed by atoms with Crippen LogP contribution in [0.2, 0.25) is 0 Å². The van der Waals surface area contributed by atoms with Gasteiger partial charge in [0.1, 0.15) is 5.75 Å². The van der Waals surface area contributed by atoms with E-state index in [2.05, 4.69) is 65.1 Å². The van der Waals surface area contributed by atoms with Crippen molar-refractivity contribution in [1.29, 1.82) is 0 Å². The summed E-state index contributed by atoms with van der Waals surface area (Å²) >= 11 is 0. The molecule has 1 aromatic carbocycles. The van der Waals surface area contributed by atoms with Gasteiger partial charge in [-0.25, -0.2) is 0 Å². The smallest absolute Gasteiger partial charge is 0.124 e. The van der Waals surface area contributed by atoms with Gasteiger partial charge in [-0.2, -0.15) is 0 Å². The van der Waals surface area contributed by atoms with Gasteiger partial charge in [0.05, 0.1) is 6.61 Å². The number of ether oxygens (including phenoxy) is 1. The summed E-state index contributed by atoms with van der Waals surface area (Å²) in [6.07, 6.45) is 1.17. The van der Waals surface area contributed by atoms with E-state index in [1.807, 2.05) is 7.05 Å². The molecule has 2 rings (SSSR count). The van der Waals surface area contributed by atoms with Gasteiger partial charge in [-0.1, -0.05) is 47.6 Å². The predicted molar refractivity (Wildman–Crippen MR) is 90.0 cm³/mol. The predicted octanol–water partition coefficient (Wildman–Crippen LogP) is 4.69. The van der Waals surface area contributed by atoms with Crippen molar-refractivity contribution in [1.82, 2.24) is 5.32 Å². The number of fused-ring (bicyclic) bond motifs is 1. The third-order valence-electron chi connectivity index (χ3n) is 4.48. The van der Waals surface area contributed by atoms with Crippen molar-refractivity contribution in [3.05, 3.63) is 29.3 Å². The van der Waals surface area contributed by atoms with Crippen molar-refractivity contribution in [2.45, 2.75) is 59.4 Å². The molecule has 0 saturated heterocycles. The second-order valence-corrected chi connectivity index (χ2v) is 8.43. The maximum absolute atomic E-state index is 5.90. The molecule has 1 N–H and O–H groups in total. The highest BCUT2D eigenvalue weighted by atomic mass is 16.5. The van der Waals surface area contributed by atoms with Crippen LogP contribution in [0.5, 0.6) is 5.75 Å². The van der Waals surface area contributed by atoms with E-state index in [0.29, 0.717) is 17.4 Å². The molecule has 0 bridgehead atoms. The lowest BCUT2D eigenvalue weighted by molar-refractivity contribution is 0.193. The van der Waals surface area contributed by atoms with Crippen molar-refractivity contribution in [3.63, 3.8) is 0 Å². The molecule has 1 heterocycles. The van der Waals surface area contributed by atoms with Gasteiger partial charge in [0.15, 0.2) is 0 Å². The first-order valence-corrected chi connectivity index (χ1v) is 8.08. The van der Waals surface area contributed by atoms with E-state index in [1.54, 1.807) is 0 Å². The third kappa shape index (κ3) is 3.60.